The van der Waals surface area contributed by atoms with Gasteiger partial charge in [-0.25, -0.2) is 0 Å². The van der Waals surface area contributed by atoms with Crippen molar-refractivity contribution in [3.8, 4) is 11.3 Å². The summed E-state index contributed by atoms with van der Waals surface area (Å²) in [4.78, 5) is 21.6. The smallest absolute Gasteiger partial charge is 0.293 e. The zero-order valence-corrected chi connectivity index (χ0v) is 14.8. The van der Waals surface area contributed by atoms with Gasteiger partial charge in [-0.2, -0.15) is 11.3 Å². The van der Waals surface area contributed by atoms with E-state index in [1.807, 2.05) is 16.8 Å². The molecule has 3 heterocycles. The molecule has 1 aliphatic rings. The highest BCUT2D eigenvalue weighted by atomic mass is 32.1. The van der Waals surface area contributed by atoms with Gasteiger partial charge in [0.05, 0.1) is 6.61 Å². The molecule has 25 heavy (non-hydrogen) atoms. The van der Waals surface area contributed by atoms with E-state index >= 15 is 0 Å². The maximum absolute atomic E-state index is 12.4. The molecule has 1 fully saturated rings. The van der Waals surface area contributed by atoms with Crippen molar-refractivity contribution in [1.29, 1.82) is 0 Å². The lowest BCUT2D eigenvalue weighted by Gasteiger charge is -2.23. The first-order chi connectivity index (χ1) is 12.2. The molecule has 0 aliphatic carbocycles. The number of nitrogens with one attached hydrogen (secondary N) is 2. The molecular formula is C16H22N4O4S. The molecule has 1 saturated heterocycles. The minimum Gasteiger partial charge on any atom is -0.468 e. The molecule has 0 spiro atoms. The number of hydrogen-bond acceptors (Lipinski definition) is 8. The molecule has 9 heteroatoms. The van der Waals surface area contributed by atoms with Gasteiger partial charge in [0, 0.05) is 17.0 Å². The van der Waals surface area contributed by atoms with Crippen LogP contribution >= 0.6 is 11.3 Å². The average molecular weight is 366 g/mol. The van der Waals surface area contributed by atoms with Gasteiger partial charge in [0.1, 0.15) is 11.3 Å². The van der Waals surface area contributed by atoms with E-state index < -0.39 is 0 Å². The fourth-order valence-electron chi connectivity index (χ4n) is 2.41. The van der Waals surface area contributed by atoms with E-state index in [2.05, 4.69) is 20.5 Å². The molecule has 4 N–H and O–H groups in total. The van der Waals surface area contributed by atoms with Crippen LogP contribution in [0.5, 0.6) is 0 Å². The summed E-state index contributed by atoms with van der Waals surface area (Å²) in [5.74, 6) is -0.144. The van der Waals surface area contributed by atoms with Crippen LogP contribution in [0.3, 0.4) is 0 Å². The van der Waals surface area contributed by atoms with Crippen molar-refractivity contribution in [3.63, 3.8) is 0 Å². The fourth-order valence-corrected chi connectivity index (χ4v) is 3.05. The Morgan fingerprint density at radius 3 is 2.88 bits per heavy atom. The van der Waals surface area contributed by atoms with Crippen molar-refractivity contribution < 1.29 is 18.8 Å². The standard InChI is InChI=1S/C13H16N4O2S.C3H6O2/c14-12-10(11(17-19-12)8-3-6-20-7-8)13(18)16-9-1-4-15-5-2-9;1-2-5-3-4/h3,6-7,9,15H,1-2,4-5,14H2,(H,16,18);3H,2H2,1H3. The molecule has 0 aromatic carbocycles. The van der Waals surface area contributed by atoms with Crippen LogP contribution in [0, 0.1) is 0 Å². The SMILES string of the molecule is CCOC=O.Nc1onc(-c2ccsc2)c1C(=O)NC1CCNCC1. The number of ether oxygens (including phenoxy) is 1. The number of nitrogens with two attached hydrogens (primary N) is 1. The van der Waals surface area contributed by atoms with Crippen LogP contribution in [0.4, 0.5) is 5.88 Å². The van der Waals surface area contributed by atoms with Crippen LogP contribution in [-0.4, -0.2) is 43.3 Å². The highest BCUT2D eigenvalue weighted by molar-refractivity contribution is 7.08. The predicted octanol–water partition coefficient (Wildman–Crippen LogP) is 1.65. The number of thiophene rings is 1. The van der Waals surface area contributed by atoms with E-state index in [1.54, 1.807) is 6.92 Å². The summed E-state index contributed by atoms with van der Waals surface area (Å²) >= 11 is 1.54. The Labute approximate surface area is 149 Å². The van der Waals surface area contributed by atoms with Crippen molar-refractivity contribution in [2.75, 3.05) is 25.4 Å². The molecular weight excluding hydrogens is 344 g/mol. The van der Waals surface area contributed by atoms with Crippen molar-refractivity contribution in [2.24, 2.45) is 0 Å². The molecule has 2 aromatic rings. The maximum atomic E-state index is 12.4. The second-order valence-electron chi connectivity index (χ2n) is 5.33. The minimum atomic E-state index is -0.211. The third kappa shape index (κ3) is 5.30. The monoisotopic (exact) mass is 366 g/mol. The fraction of sp³-hybridized carbons (Fsp3) is 0.438. The highest BCUT2D eigenvalue weighted by Crippen LogP contribution is 2.28. The van der Waals surface area contributed by atoms with Crippen LogP contribution < -0.4 is 16.4 Å². The van der Waals surface area contributed by atoms with E-state index in [0.717, 1.165) is 31.5 Å². The van der Waals surface area contributed by atoms with Gasteiger partial charge in [-0.1, -0.05) is 5.16 Å². The lowest BCUT2D eigenvalue weighted by molar-refractivity contribution is -0.128. The summed E-state index contributed by atoms with van der Waals surface area (Å²) in [6, 6.07) is 2.07. The van der Waals surface area contributed by atoms with Crippen LogP contribution in [0.2, 0.25) is 0 Å². The van der Waals surface area contributed by atoms with Gasteiger partial charge in [-0.15, -0.1) is 0 Å². The number of aromatic nitrogens is 1. The second-order valence-corrected chi connectivity index (χ2v) is 6.11. The van der Waals surface area contributed by atoms with Crippen LogP contribution in [-0.2, 0) is 9.53 Å². The highest BCUT2D eigenvalue weighted by Gasteiger charge is 2.25. The third-order valence-electron chi connectivity index (χ3n) is 3.65. The van der Waals surface area contributed by atoms with E-state index in [9.17, 15) is 9.59 Å². The summed E-state index contributed by atoms with van der Waals surface area (Å²) in [7, 11) is 0. The van der Waals surface area contributed by atoms with Gasteiger partial charge in [0.2, 0.25) is 5.88 Å². The molecule has 1 aliphatic heterocycles. The normalized spacial score (nSPS) is 14.3. The summed E-state index contributed by atoms with van der Waals surface area (Å²) in [5, 5.41) is 14.0. The molecule has 0 atom stereocenters. The molecule has 2 aromatic heterocycles. The number of anilines is 1. The maximum Gasteiger partial charge on any atom is 0.293 e. The number of nitrogen functional groups attached to an aromatic ring is 1. The number of nitrogens with zero attached hydrogens (tertiary/aromatic N) is 1. The Kier molecular flexibility index (Phi) is 7.42. The van der Waals surface area contributed by atoms with E-state index in [1.165, 1.54) is 11.3 Å². The summed E-state index contributed by atoms with van der Waals surface area (Å²) in [6.45, 7) is 4.50. The van der Waals surface area contributed by atoms with Crippen LogP contribution in [0.25, 0.3) is 11.3 Å². The molecule has 0 bridgehead atoms. The quantitative estimate of drug-likeness (QED) is 0.688. The number of hydrogen-bond donors (Lipinski definition) is 3. The Bertz CT molecular complexity index is 666. The first-order valence-corrected chi connectivity index (χ1v) is 8.96. The molecule has 0 unspecified atom stereocenters. The van der Waals surface area contributed by atoms with Crippen molar-refractivity contribution >= 4 is 29.6 Å². The van der Waals surface area contributed by atoms with E-state index in [4.69, 9.17) is 10.3 Å². The largest absolute Gasteiger partial charge is 0.468 e. The first kappa shape index (κ1) is 18.9. The molecule has 0 radical (unpaired) electrons. The summed E-state index contributed by atoms with van der Waals surface area (Å²) in [5.41, 5.74) is 7.45. The Hall–Kier alpha value is -2.39. The van der Waals surface area contributed by atoms with Crippen LogP contribution in [0.1, 0.15) is 30.1 Å². The van der Waals surface area contributed by atoms with Gasteiger partial charge in [-0.05, 0) is 44.3 Å². The Morgan fingerprint density at radius 2 is 2.32 bits per heavy atom. The molecule has 136 valence electrons. The number of carbonyl (C=O) groups excluding carboxylic acids is 2. The molecule has 0 saturated carbocycles. The van der Waals surface area contributed by atoms with Crippen molar-refractivity contribution in [3.05, 3.63) is 22.4 Å². The zero-order chi connectivity index (χ0) is 18.1. The van der Waals surface area contributed by atoms with Crippen LogP contribution in [0.15, 0.2) is 21.3 Å². The van der Waals surface area contributed by atoms with E-state index in [-0.39, 0.29) is 17.8 Å². The lowest BCUT2D eigenvalue weighted by atomic mass is 10.1. The Morgan fingerprint density at radius 1 is 1.56 bits per heavy atom. The van der Waals surface area contributed by atoms with E-state index in [0.29, 0.717) is 24.3 Å². The molecule has 1 amide bonds. The lowest BCUT2D eigenvalue weighted by Crippen LogP contribution is -2.42. The van der Waals surface area contributed by atoms with Gasteiger partial charge in [0.15, 0.2) is 0 Å². The summed E-state index contributed by atoms with van der Waals surface area (Å²) in [6.07, 6.45) is 1.84. The predicted molar refractivity (Wildman–Crippen MR) is 95.3 cm³/mol. The summed E-state index contributed by atoms with van der Waals surface area (Å²) < 4.78 is 9.14. The topological polar surface area (TPSA) is 119 Å². The molecule has 3 rings (SSSR count). The van der Waals surface area contributed by atoms with Gasteiger partial charge in [-0.3, -0.25) is 9.59 Å². The number of piperidine rings is 1. The van der Waals surface area contributed by atoms with Gasteiger partial charge < -0.3 is 25.6 Å². The third-order valence-corrected chi connectivity index (χ3v) is 4.33. The average Bonchev–Trinajstić information content (AvgIpc) is 3.26. The second kappa shape index (κ2) is 9.80. The number of rotatable bonds is 5. The zero-order valence-electron chi connectivity index (χ0n) is 14.0. The first-order valence-electron chi connectivity index (χ1n) is 8.01. The minimum absolute atomic E-state index is 0.0673. The number of carbonyl (C=O) groups is 2. The number of amides is 1. The van der Waals surface area contributed by atoms with Crippen molar-refractivity contribution in [1.82, 2.24) is 15.8 Å². The van der Waals surface area contributed by atoms with Crippen molar-refractivity contribution in [2.45, 2.75) is 25.8 Å². The van der Waals surface area contributed by atoms with Gasteiger partial charge in [0.25, 0.3) is 12.4 Å². The van der Waals surface area contributed by atoms with Gasteiger partial charge >= 0.3 is 0 Å². The Balaban J connectivity index is 0.000000399. The molecule has 8 nitrogen and oxygen atoms in total.